The van der Waals surface area contributed by atoms with E-state index < -0.39 is 5.97 Å². The first-order valence-corrected chi connectivity index (χ1v) is 6.25. The highest BCUT2D eigenvalue weighted by Crippen LogP contribution is 2.33. The number of methoxy groups -OCH3 is 1. The fraction of sp³-hybridized carbons (Fsp3) is 0.0625. The van der Waals surface area contributed by atoms with Crippen molar-refractivity contribution in [3.63, 3.8) is 0 Å². The van der Waals surface area contributed by atoms with E-state index in [1.807, 2.05) is 42.5 Å². The largest absolute Gasteiger partial charge is 0.464 e. The molecule has 0 aliphatic carbocycles. The van der Waals surface area contributed by atoms with Crippen LogP contribution >= 0.6 is 0 Å². The van der Waals surface area contributed by atoms with Gasteiger partial charge in [0.1, 0.15) is 5.69 Å². The average Bonchev–Trinajstić information content (AvgIpc) is 2.85. The van der Waals surface area contributed by atoms with Gasteiger partial charge in [0.25, 0.3) is 0 Å². The molecule has 0 aliphatic rings. The van der Waals surface area contributed by atoms with Gasteiger partial charge in [0.05, 0.1) is 7.11 Å². The summed E-state index contributed by atoms with van der Waals surface area (Å²) in [6.45, 7) is 0. The molecule has 0 bridgehead atoms. The van der Waals surface area contributed by atoms with Crippen LogP contribution in [-0.2, 0) is 4.74 Å². The fourth-order valence-corrected chi connectivity index (χ4v) is 2.37. The minimum absolute atomic E-state index is 0.390. The number of benzene rings is 2. The van der Waals surface area contributed by atoms with Gasteiger partial charge in [-0.2, -0.15) is 0 Å². The Hall–Kier alpha value is -2.75. The van der Waals surface area contributed by atoms with E-state index in [1.54, 1.807) is 6.07 Å². The smallest absolute Gasteiger partial charge is 0.355 e. The molecule has 1 aromatic heterocycles. The molecular weight excluding hydrogens is 252 g/mol. The number of rotatable bonds is 2. The molecule has 3 aromatic rings. The number of aromatic nitrogens is 1. The molecule has 0 fully saturated rings. The number of carbonyl (C=O) groups is 1. The van der Waals surface area contributed by atoms with E-state index in [-0.39, 0.29) is 0 Å². The lowest BCUT2D eigenvalue weighted by atomic mass is 10.0. The Labute approximate surface area is 116 Å². The predicted octanol–water partition coefficient (Wildman–Crippen LogP) is 3.20. The van der Waals surface area contributed by atoms with Crippen molar-refractivity contribution in [3.05, 3.63) is 54.2 Å². The van der Waals surface area contributed by atoms with Crippen molar-refractivity contribution >= 4 is 22.6 Å². The number of nitrogens with one attached hydrogen (secondary N) is 1. The topological polar surface area (TPSA) is 68.1 Å². The number of hydrogen-bond acceptors (Lipinski definition) is 3. The number of nitrogens with two attached hydrogens (primary N) is 1. The molecule has 0 spiro atoms. The van der Waals surface area contributed by atoms with Crippen LogP contribution in [0, 0.1) is 0 Å². The van der Waals surface area contributed by atoms with Gasteiger partial charge in [-0.15, -0.1) is 0 Å². The first-order chi connectivity index (χ1) is 9.70. The monoisotopic (exact) mass is 266 g/mol. The first kappa shape index (κ1) is 12.3. The summed E-state index contributed by atoms with van der Waals surface area (Å²) in [5.41, 5.74) is 9.59. The van der Waals surface area contributed by atoms with E-state index >= 15 is 0 Å². The van der Waals surface area contributed by atoms with Gasteiger partial charge in [0, 0.05) is 22.2 Å². The highest BCUT2D eigenvalue weighted by molar-refractivity contribution is 6.08. The third kappa shape index (κ3) is 1.91. The molecule has 4 heteroatoms. The summed E-state index contributed by atoms with van der Waals surface area (Å²) >= 11 is 0. The summed E-state index contributed by atoms with van der Waals surface area (Å²) in [5.74, 6) is -0.390. The Morgan fingerprint density at radius 3 is 2.60 bits per heavy atom. The minimum Gasteiger partial charge on any atom is -0.464 e. The second kappa shape index (κ2) is 4.74. The molecule has 0 amide bonds. The molecule has 0 radical (unpaired) electrons. The average molecular weight is 266 g/mol. The molecule has 0 atom stereocenters. The van der Waals surface area contributed by atoms with Crippen molar-refractivity contribution in [2.24, 2.45) is 0 Å². The summed E-state index contributed by atoms with van der Waals surface area (Å²) in [4.78, 5) is 15.1. The zero-order chi connectivity index (χ0) is 14.1. The Morgan fingerprint density at radius 2 is 1.90 bits per heavy atom. The molecule has 0 unspecified atom stereocenters. The maximum absolute atomic E-state index is 12.0. The van der Waals surface area contributed by atoms with Crippen LogP contribution in [0.5, 0.6) is 0 Å². The molecule has 3 N–H and O–H groups in total. The lowest BCUT2D eigenvalue weighted by Crippen LogP contribution is -2.03. The van der Waals surface area contributed by atoms with Gasteiger partial charge in [-0.05, 0) is 23.8 Å². The zero-order valence-corrected chi connectivity index (χ0v) is 11.0. The van der Waals surface area contributed by atoms with Crippen molar-refractivity contribution in [2.75, 3.05) is 12.8 Å². The Balaban J connectivity index is 2.36. The molecule has 100 valence electrons. The third-order valence-corrected chi connectivity index (χ3v) is 3.27. The lowest BCUT2D eigenvalue weighted by Gasteiger charge is -2.03. The zero-order valence-electron chi connectivity index (χ0n) is 11.0. The van der Waals surface area contributed by atoms with Crippen LogP contribution in [0.4, 0.5) is 5.69 Å². The summed E-state index contributed by atoms with van der Waals surface area (Å²) in [6, 6.07) is 15.2. The molecule has 2 aromatic carbocycles. The van der Waals surface area contributed by atoms with E-state index in [1.165, 1.54) is 7.11 Å². The quantitative estimate of drug-likeness (QED) is 0.553. The maximum atomic E-state index is 12.0. The number of nitrogen functional groups attached to an aromatic ring is 1. The van der Waals surface area contributed by atoms with Gasteiger partial charge in [0.15, 0.2) is 0 Å². The van der Waals surface area contributed by atoms with E-state index in [0.717, 1.165) is 22.0 Å². The third-order valence-electron chi connectivity index (χ3n) is 3.27. The molecule has 0 aliphatic heterocycles. The van der Waals surface area contributed by atoms with Crippen LogP contribution in [0.2, 0.25) is 0 Å². The van der Waals surface area contributed by atoms with E-state index in [0.29, 0.717) is 11.4 Å². The van der Waals surface area contributed by atoms with Crippen LogP contribution in [0.3, 0.4) is 0 Å². The van der Waals surface area contributed by atoms with Gasteiger partial charge in [-0.1, -0.05) is 30.3 Å². The first-order valence-electron chi connectivity index (χ1n) is 6.25. The van der Waals surface area contributed by atoms with E-state index in [4.69, 9.17) is 10.5 Å². The number of esters is 1. The van der Waals surface area contributed by atoms with Crippen LogP contribution in [0.25, 0.3) is 22.0 Å². The Kier molecular flexibility index (Phi) is 2.91. The van der Waals surface area contributed by atoms with Gasteiger partial charge in [-0.25, -0.2) is 4.79 Å². The molecule has 0 saturated heterocycles. The summed E-state index contributed by atoms with van der Waals surface area (Å²) < 4.78 is 4.86. The maximum Gasteiger partial charge on any atom is 0.355 e. The standard InChI is InChI=1S/C16H14N2O2/c1-20-16(19)15-14(10-5-3-2-4-6-10)12-9-11(17)7-8-13(12)18-15/h2-9,18H,17H2,1H3. The Morgan fingerprint density at radius 1 is 1.15 bits per heavy atom. The highest BCUT2D eigenvalue weighted by Gasteiger charge is 2.19. The van der Waals surface area contributed by atoms with Crippen LogP contribution in [0.15, 0.2) is 48.5 Å². The highest BCUT2D eigenvalue weighted by atomic mass is 16.5. The van der Waals surface area contributed by atoms with E-state index in [2.05, 4.69) is 4.98 Å². The van der Waals surface area contributed by atoms with Crippen molar-refractivity contribution in [3.8, 4) is 11.1 Å². The number of ether oxygens (including phenoxy) is 1. The van der Waals surface area contributed by atoms with Gasteiger partial charge < -0.3 is 15.5 Å². The molecule has 20 heavy (non-hydrogen) atoms. The number of hydrogen-bond donors (Lipinski definition) is 2. The number of aromatic amines is 1. The number of fused-ring (bicyclic) bond motifs is 1. The number of H-pyrrole nitrogens is 1. The van der Waals surface area contributed by atoms with Crippen molar-refractivity contribution < 1.29 is 9.53 Å². The van der Waals surface area contributed by atoms with E-state index in [9.17, 15) is 4.79 Å². The second-order valence-electron chi connectivity index (χ2n) is 4.54. The molecule has 3 rings (SSSR count). The number of anilines is 1. The summed E-state index contributed by atoms with van der Waals surface area (Å²) in [7, 11) is 1.37. The van der Waals surface area contributed by atoms with Crippen LogP contribution in [0.1, 0.15) is 10.5 Å². The van der Waals surface area contributed by atoms with Crippen molar-refractivity contribution in [2.45, 2.75) is 0 Å². The summed E-state index contributed by atoms with van der Waals surface area (Å²) in [6.07, 6.45) is 0. The predicted molar refractivity (Wildman–Crippen MR) is 79.5 cm³/mol. The van der Waals surface area contributed by atoms with Crippen molar-refractivity contribution in [1.82, 2.24) is 4.98 Å². The molecular formula is C16H14N2O2. The minimum atomic E-state index is -0.390. The molecule has 0 saturated carbocycles. The summed E-state index contributed by atoms with van der Waals surface area (Å²) in [5, 5.41) is 0.914. The number of carbonyl (C=O) groups excluding carboxylic acids is 1. The Bertz CT molecular complexity index is 776. The van der Waals surface area contributed by atoms with Crippen LogP contribution < -0.4 is 5.73 Å². The second-order valence-corrected chi connectivity index (χ2v) is 4.54. The molecule has 4 nitrogen and oxygen atoms in total. The van der Waals surface area contributed by atoms with Gasteiger partial charge >= 0.3 is 5.97 Å². The van der Waals surface area contributed by atoms with Crippen molar-refractivity contribution in [1.29, 1.82) is 0 Å². The molecule has 1 heterocycles. The normalized spacial score (nSPS) is 10.7. The SMILES string of the molecule is COC(=O)c1[nH]c2ccc(N)cc2c1-c1ccccc1. The fourth-order valence-electron chi connectivity index (χ4n) is 2.37. The lowest BCUT2D eigenvalue weighted by molar-refractivity contribution is 0.0596. The van der Waals surface area contributed by atoms with Crippen LogP contribution in [-0.4, -0.2) is 18.1 Å². The van der Waals surface area contributed by atoms with Gasteiger partial charge in [-0.3, -0.25) is 0 Å². The van der Waals surface area contributed by atoms with Gasteiger partial charge in [0.2, 0.25) is 0 Å².